The Kier molecular flexibility index (Phi) is 2.96. The molecule has 2 heterocycles. The molecule has 2 rings (SSSR count). The summed E-state index contributed by atoms with van der Waals surface area (Å²) in [5.41, 5.74) is 0.795. The minimum Gasteiger partial charge on any atom is -0.351 e. The van der Waals surface area contributed by atoms with Gasteiger partial charge in [0.05, 0.1) is 6.20 Å². The lowest BCUT2D eigenvalue weighted by molar-refractivity contribution is 0.0631. The van der Waals surface area contributed by atoms with Crippen LogP contribution in [0.4, 0.5) is 0 Å². The first-order valence-electron chi connectivity index (χ1n) is 5.54. The third kappa shape index (κ3) is 2.09. The number of nitrogens with zero attached hydrogens (tertiary/aromatic N) is 2. The van der Waals surface area contributed by atoms with Crippen LogP contribution < -0.4 is 5.32 Å². The lowest BCUT2D eigenvalue weighted by Crippen LogP contribution is -2.55. The van der Waals surface area contributed by atoms with Gasteiger partial charge in [-0.25, -0.2) is 0 Å². The number of aromatic nitrogens is 1. The van der Waals surface area contributed by atoms with Crippen molar-refractivity contribution in [3.63, 3.8) is 0 Å². The van der Waals surface area contributed by atoms with Crippen molar-refractivity contribution in [2.75, 3.05) is 13.1 Å². The fourth-order valence-corrected chi connectivity index (χ4v) is 2.13. The van der Waals surface area contributed by atoms with E-state index in [1.165, 1.54) is 0 Å². The van der Waals surface area contributed by atoms with Gasteiger partial charge in [0.25, 0.3) is 5.91 Å². The third-order valence-electron chi connectivity index (χ3n) is 2.79. The van der Waals surface area contributed by atoms with Gasteiger partial charge in [0.2, 0.25) is 5.76 Å². The highest BCUT2D eigenvalue weighted by atomic mass is 16.5. The molecule has 0 saturated carbocycles. The number of hydrogen-bond acceptors (Lipinski definition) is 4. The molecule has 5 heteroatoms. The molecule has 0 radical (unpaired) electrons. The lowest BCUT2D eigenvalue weighted by atomic mass is 10.1. The van der Waals surface area contributed by atoms with Gasteiger partial charge in [-0.05, 0) is 20.8 Å². The van der Waals surface area contributed by atoms with Crippen molar-refractivity contribution in [1.29, 1.82) is 0 Å². The fraction of sp³-hybridized carbons (Fsp3) is 0.636. The molecule has 1 aromatic rings. The predicted octanol–water partition coefficient (Wildman–Crippen LogP) is 0.805. The Hall–Kier alpha value is -1.36. The molecular formula is C11H17N3O2. The van der Waals surface area contributed by atoms with E-state index in [9.17, 15) is 4.79 Å². The van der Waals surface area contributed by atoms with Crippen LogP contribution in [0.1, 0.15) is 30.0 Å². The number of rotatable bonds is 1. The van der Waals surface area contributed by atoms with Crippen LogP contribution in [0.2, 0.25) is 0 Å². The van der Waals surface area contributed by atoms with Gasteiger partial charge in [0.1, 0.15) is 0 Å². The van der Waals surface area contributed by atoms with Gasteiger partial charge in [-0.15, -0.1) is 0 Å². The van der Waals surface area contributed by atoms with E-state index >= 15 is 0 Å². The molecule has 1 aromatic heterocycles. The van der Waals surface area contributed by atoms with Crippen molar-refractivity contribution >= 4 is 5.91 Å². The number of piperazine rings is 1. The van der Waals surface area contributed by atoms with E-state index in [0.717, 1.165) is 5.56 Å². The highest BCUT2D eigenvalue weighted by molar-refractivity contribution is 5.92. The number of nitrogens with one attached hydrogen (secondary N) is 1. The molecule has 88 valence electrons. The summed E-state index contributed by atoms with van der Waals surface area (Å²) in [5, 5.41) is 7.02. The maximum atomic E-state index is 12.1. The van der Waals surface area contributed by atoms with Crippen molar-refractivity contribution in [2.24, 2.45) is 0 Å². The van der Waals surface area contributed by atoms with E-state index < -0.39 is 0 Å². The van der Waals surface area contributed by atoms with Crippen LogP contribution in [0.15, 0.2) is 10.7 Å². The molecule has 1 aliphatic rings. The first kappa shape index (κ1) is 11.1. The Bertz CT molecular complexity index is 378. The van der Waals surface area contributed by atoms with E-state index in [0.29, 0.717) is 30.9 Å². The lowest BCUT2D eigenvalue weighted by Gasteiger charge is -2.35. The number of carbonyl (C=O) groups excluding carboxylic acids is 1. The topological polar surface area (TPSA) is 58.4 Å². The average molecular weight is 223 g/mol. The Labute approximate surface area is 94.8 Å². The standard InChI is InChI=1S/C11H17N3O2/c1-7-4-12-16-10(7)11(15)14-5-8(2)13-9(3)6-14/h4,8-9,13H,5-6H2,1-3H3. The minimum atomic E-state index is -0.0600. The summed E-state index contributed by atoms with van der Waals surface area (Å²) in [4.78, 5) is 14.0. The molecular weight excluding hydrogens is 206 g/mol. The Balaban J connectivity index is 2.13. The summed E-state index contributed by atoms with van der Waals surface area (Å²) in [6.07, 6.45) is 1.57. The van der Waals surface area contributed by atoms with Crippen LogP contribution in [-0.2, 0) is 0 Å². The molecule has 1 aliphatic heterocycles. The highest BCUT2D eigenvalue weighted by Crippen LogP contribution is 2.13. The molecule has 0 aliphatic carbocycles. The first-order chi connectivity index (χ1) is 7.58. The highest BCUT2D eigenvalue weighted by Gasteiger charge is 2.28. The molecule has 1 amide bonds. The SMILES string of the molecule is Cc1cnoc1C(=O)N1CC(C)NC(C)C1. The largest absolute Gasteiger partial charge is 0.351 e. The fourth-order valence-electron chi connectivity index (χ4n) is 2.13. The zero-order valence-electron chi connectivity index (χ0n) is 9.86. The summed E-state index contributed by atoms with van der Waals surface area (Å²) >= 11 is 0. The van der Waals surface area contributed by atoms with Crippen LogP contribution in [0, 0.1) is 6.92 Å². The van der Waals surface area contributed by atoms with E-state index in [1.54, 1.807) is 6.20 Å². The average Bonchev–Trinajstić information content (AvgIpc) is 2.62. The first-order valence-corrected chi connectivity index (χ1v) is 5.54. The van der Waals surface area contributed by atoms with Crippen molar-refractivity contribution in [2.45, 2.75) is 32.9 Å². The molecule has 1 N–H and O–H groups in total. The van der Waals surface area contributed by atoms with E-state index in [1.807, 2.05) is 11.8 Å². The maximum absolute atomic E-state index is 12.1. The minimum absolute atomic E-state index is 0.0600. The van der Waals surface area contributed by atoms with E-state index in [-0.39, 0.29) is 5.91 Å². The third-order valence-corrected chi connectivity index (χ3v) is 2.79. The second-order valence-corrected chi connectivity index (χ2v) is 4.52. The molecule has 1 saturated heterocycles. The van der Waals surface area contributed by atoms with Gasteiger partial charge in [0.15, 0.2) is 0 Å². The van der Waals surface area contributed by atoms with Gasteiger partial charge in [-0.3, -0.25) is 4.79 Å². The molecule has 1 fully saturated rings. The van der Waals surface area contributed by atoms with Crippen molar-refractivity contribution in [1.82, 2.24) is 15.4 Å². The summed E-state index contributed by atoms with van der Waals surface area (Å²) in [7, 11) is 0. The van der Waals surface area contributed by atoms with Crippen molar-refractivity contribution < 1.29 is 9.32 Å². The number of amides is 1. The number of hydrogen-bond donors (Lipinski definition) is 1. The van der Waals surface area contributed by atoms with Gasteiger partial charge in [-0.2, -0.15) is 0 Å². The molecule has 0 bridgehead atoms. The van der Waals surface area contributed by atoms with Gasteiger partial charge < -0.3 is 14.7 Å². The molecule has 0 aromatic carbocycles. The Morgan fingerprint density at radius 1 is 1.50 bits per heavy atom. The van der Waals surface area contributed by atoms with Crippen LogP contribution >= 0.6 is 0 Å². The van der Waals surface area contributed by atoms with Crippen LogP contribution in [-0.4, -0.2) is 41.1 Å². The maximum Gasteiger partial charge on any atom is 0.292 e. The second-order valence-electron chi connectivity index (χ2n) is 4.52. The number of aryl methyl sites for hydroxylation is 1. The molecule has 16 heavy (non-hydrogen) atoms. The van der Waals surface area contributed by atoms with Crippen molar-refractivity contribution in [3.8, 4) is 0 Å². The van der Waals surface area contributed by atoms with Crippen LogP contribution in [0.3, 0.4) is 0 Å². The van der Waals surface area contributed by atoms with E-state index in [4.69, 9.17) is 4.52 Å². The smallest absolute Gasteiger partial charge is 0.292 e. The number of carbonyl (C=O) groups is 1. The Morgan fingerprint density at radius 3 is 2.62 bits per heavy atom. The Morgan fingerprint density at radius 2 is 2.12 bits per heavy atom. The molecule has 5 nitrogen and oxygen atoms in total. The van der Waals surface area contributed by atoms with Gasteiger partial charge >= 0.3 is 0 Å². The normalized spacial score (nSPS) is 25.8. The van der Waals surface area contributed by atoms with Gasteiger partial charge in [-0.1, -0.05) is 5.16 Å². The van der Waals surface area contributed by atoms with Crippen LogP contribution in [0.5, 0.6) is 0 Å². The summed E-state index contributed by atoms with van der Waals surface area (Å²) in [6.45, 7) is 7.40. The summed E-state index contributed by atoms with van der Waals surface area (Å²) in [5.74, 6) is 0.302. The molecule has 0 spiro atoms. The summed E-state index contributed by atoms with van der Waals surface area (Å²) in [6, 6.07) is 0.631. The van der Waals surface area contributed by atoms with Crippen LogP contribution in [0.25, 0.3) is 0 Å². The quantitative estimate of drug-likeness (QED) is 0.765. The predicted molar refractivity (Wildman–Crippen MR) is 59.2 cm³/mol. The van der Waals surface area contributed by atoms with Gasteiger partial charge in [0, 0.05) is 30.7 Å². The zero-order valence-corrected chi connectivity index (χ0v) is 9.86. The van der Waals surface area contributed by atoms with E-state index in [2.05, 4.69) is 24.3 Å². The second kappa shape index (κ2) is 4.25. The molecule has 2 atom stereocenters. The monoisotopic (exact) mass is 223 g/mol. The molecule has 2 unspecified atom stereocenters. The summed E-state index contributed by atoms with van der Waals surface area (Å²) < 4.78 is 4.99. The van der Waals surface area contributed by atoms with Crippen molar-refractivity contribution in [3.05, 3.63) is 17.5 Å². The zero-order chi connectivity index (χ0) is 11.7.